The van der Waals surface area contributed by atoms with E-state index in [2.05, 4.69) is 12.1 Å². The summed E-state index contributed by atoms with van der Waals surface area (Å²) in [4.78, 5) is 13.6. The molecule has 0 spiro atoms. The number of hydrogen-bond donors (Lipinski definition) is 0. The topological polar surface area (TPSA) is 38.8 Å². The number of rotatable bonds is 5. The fraction of sp³-hybridized carbons (Fsp3) is 0.533. The van der Waals surface area contributed by atoms with Gasteiger partial charge >= 0.3 is 0 Å². The fourth-order valence-electron chi connectivity index (χ4n) is 2.30. The molecule has 1 aromatic carbocycles. The van der Waals surface area contributed by atoms with E-state index in [0.29, 0.717) is 13.2 Å². The maximum absolute atomic E-state index is 11.8. The second-order valence-electron chi connectivity index (χ2n) is 4.83. The van der Waals surface area contributed by atoms with E-state index in [9.17, 15) is 4.79 Å². The summed E-state index contributed by atoms with van der Waals surface area (Å²) in [5.74, 6) is 0.0514. The van der Waals surface area contributed by atoms with Crippen LogP contribution in [0.25, 0.3) is 0 Å². The molecular weight excluding hydrogens is 242 g/mol. The Kier molecular flexibility index (Phi) is 5.36. The van der Waals surface area contributed by atoms with Crippen molar-refractivity contribution in [3.8, 4) is 0 Å². The highest BCUT2D eigenvalue weighted by Crippen LogP contribution is 2.15. The van der Waals surface area contributed by atoms with Crippen molar-refractivity contribution in [2.45, 2.75) is 25.6 Å². The second kappa shape index (κ2) is 7.26. The van der Waals surface area contributed by atoms with E-state index < -0.39 is 0 Å². The third-order valence-corrected chi connectivity index (χ3v) is 3.33. The molecule has 19 heavy (non-hydrogen) atoms. The van der Waals surface area contributed by atoms with Gasteiger partial charge < -0.3 is 14.4 Å². The Morgan fingerprint density at radius 2 is 2.16 bits per heavy atom. The van der Waals surface area contributed by atoms with Crippen LogP contribution in [0.2, 0.25) is 0 Å². The molecule has 4 heteroatoms. The molecule has 0 aromatic heterocycles. The monoisotopic (exact) mass is 263 g/mol. The molecule has 1 aromatic rings. The largest absolute Gasteiger partial charge is 0.375 e. The fourth-order valence-corrected chi connectivity index (χ4v) is 2.30. The van der Waals surface area contributed by atoms with E-state index in [4.69, 9.17) is 9.47 Å². The van der Waals surface area contributed by atoms with Crippen molar-refractivity contribution in [1.82, 2.24) is 4.90 Å². The van der Waals surface area contributed by atoms with E-state index in [-0.39, 0.29) is 18.6 Å². The van der Waals surface area contributed by atoms with Gasteiger partial charge in [0.2, 0.25) is 5.91 Å². The van der Waals surface area contributed by atoms with Crippen molar-refractivity contribution < 1.29 is 14.3 Å². The molecule has 0 aliphatic carbocycles. The number of amides is 1. The minimum absolute atomic E-state index is 0.0514. The zero-order valence-electron chi connectivity index (χ0n) is 11.4. The maximum Gasteiger partial charge on any atom is 0.248 e. The van der Waals surface area contributed by atoms with Gasteiger partial charge in [0.1, 0.15) is 6.61 Å². The lowest BCUT2D eigenvalue weighted by atomic mass is 10.1. The van der Waals surface area contributed by atoms with Crippen LogP contribution in [0.15, 0.2) is 30.3 Å². The molecule has 1 aliphatic rings. The number of nitrogens with zero attached hydrogens (tertiary/aromatic N) is 1. The summed E-state index contributed by atoms with van der Waals surface area (Å²) >= 11 is 0. The number of likely N-dealkylation sites (tertiary alicyclic amines) is 1. The van der Waals surface area contributed by atoms with E-state index in [1.54, 1.807) is 7.11 Å². The van der Waals surface area contributed by atoms with E-state index in [0.717, 1.165) is 19.4 Å². The number of carbonyl (C=O) groups excluding carboxylic acids is 1. The summed E-state index contributed by atoms with van der Waals surface area (Å²) in [5, 5.41) is 0. The quantitative estimate of drug-likeness (QED) is 0.813. The molecule has 1 fully saturated rings. The first-order chi connectivity index (χ1) is 9.29. The molecule has 1 heterocycles. The molecule has 1 atom stereocenters. The van der Waals surface area contributed by atoms with Gasteiger partial charge in [-0.1, -0.05) is 30.3 Å². The standard InChI is InChI=1S/C15H21NO3/c1-18-12-15(17)16-9-5-8-14(10-16)19-11-13-6-3-2-4-7-13/h2-4,6-7,14H,5,8-12H2,1H3. The van der Waals surface area contributed by atoms with Gasteiger partial charge in [-0.25, -0.2) is 0 Å². The Labute approximate surface area is 114 Å². The number of benzene rings is 1. The smallest absolute Gasteiger partial charge is 0.248 e. The Morgan fingerprint density at radius 1 is 1.37 bits per heavy atom. The second-order valence-corrected chi connectivity index (χ2v) is 4.83. The highest BCUT2D eigenvalue weighted by molar-refractivity contribution is 5.77. The predicted molar refractivity (Wildman–Crippen MR) is 72.7 cm³/mol. The molecule has 0 saturated carbocycles. The van der Waals surface area contributed by atoms with Crippen LogP contribution in [0, 0.1) is 0 Å². The minimum atomic E-state index is 0.0514. The summed E-state index contributed by atoms with van der Waals surface area (Å²) < 4.78 is 10.8. The third kappa shape index (κ3) is 4.33. The van der Waals surface area contributed by atoms with Gasteiger partial charge in [0, 0.05) is 20.2 Å². The van der Waals surface area contributed by atoms with Gasteiger partial charge in [0.05, 0.1) is 12.7 Å². The molecule has 0 radical (unpaired) electrons. The normalized spacial score (nSPS) is 19.4. The summed E-state index contributed by atoms with van der Waals surface area (Å²) in [7, 11) is 1.55. The van der Waals surface area contributed by atoms with Gasteiger partial charge in [-0.2, -0.15) is 0 Å². The third-order valence-electron chi connectivity index (χ3n) is 3.33. The van der Waals surface area contributed by atoms with E-state index >= 15 is 0 Å². The van der Waals surface area contributed by atoms with Crippen LogP contribution < -0.4 is 0 Å². The lowest BCUT2D eigenvalue weighted by Crippen LogP contribution is -2.44. The van der Waals surface area contributed by atoms with Crippen LogP contribution >= 0.6 is 0 Å². The van der Waals surface area contributed by atoms with Crippen LogP contribution in [0.5, 0.6) is 0 Å². The molecule has 1 saturated heterocycles. The lowest BCUT2D eigenvalue weighted by Gasteiger charge is -2.32. The highest BCUT2D eigenvalue weighted by atomic mass is 16.5. The van der Waals surface area contributed by atoms with Crippen LogP contribution in [-0.2, 0) is 20.9 Å². The first kappa shape index (κ1) is 14.0. The molecule has 2 rings (SSSR count). The van der Waals surface area contributed by atoms with Gasteiger partial charge in [-0.15, -0.1) is 0 Å². The van der Waals surface area contributed by atoms with Gasteiger partial charge in [0.15, 0.2) is 0 Å². The number of piperidine rings is 1. The zero-order chi connectivity index (χ0) is 13.5. The molecule has 0 N–H and O–H groups in total. The summed E-state index contributed by atoms with van der Waals surface area (Å²) in [6, 6.07) is 10.1. The van der Waals surface area contributed by atoms with Crippen LogP contribution in [0.3, 0.4) is 0 Å². The van der Waals surface area contributed by atoms with Crippen molar-refractivity contribution in [1.29, 1.82) is 0 Å². The van der Waals surface area contributed by atoms with Crippen molar-refractivity contribution >= 4 is 5.91 Å². The number of methoxy groups -OCH3 is 1. The first-order valence-corrected chi connectivity index (χ1v) is 6.72. The van der Waals surface area contributed by atoms with Crippen molar-refractivity contribution in [2.24, 2.45) is 0 Å². The SMILES string of the molecule is COCC(=O)N1CCCC(OCc2ccccc2)C1. The van der Waals surface area contributed by atoms with Crippen molar-refractivity contribution in [3.63, 3.8) is 0 Å². The van der Waals surface area contributed by atoms with Gasteiger partial charge in [-0.05, 0) is 18.4 Å². The van der Waals surface area contributed by atoms with Crippen LogP contribution in [-0.4, -0.2) is 43.7 Å². The number of hydrogen-bond acceptors (Lipinski definition) is 3. The average Bonchev–Trinajstić information content (AvgIpc) is 2.47. The van der Waals surface area contributed by atoms with E-state index in [1.165, 1.54) is 5.56 Å². The Bertz CT molecular complexity index is 394. The van der Waals surface area contributed by atoms with Gasteiger partial charge in [0.25, 0.3) is 0 Å². The molecular formula is C15H21NO3. The molecule has 1 aliphatic heterocycles. The lowest BCUT2D eigenvalue weighted by molar-refractivity contribution is -0.139. The molecule has 0 bridgehead atoms. The zero-order valence-corrected chi connectivity index (χ0v) is 11.4. The first-order valence-electron chi connectivity index (χ1n) is 6.72. The Balaban J connectivity index is 1.79. The van der Waals surface area contributed by atoms with Crippen molar-refractivity contribution in [3.05, 3.63) is 35.9 Å². The number of carbonyl (C=O) groups is 1. The predicted octanol–water partition coefficient (Wildman–Crippen LogP) is 1.84. The highest BCUT2D eigenvalue weighted by Gasteiger charge is 2.23. The molecule has 1 amide bonds. The Hall–Kier alpha value is -1.39. The van der Waals surface area contributed by atoms with Crippen LogP contribution in [0.1, 0.15) is 18.4 Å². The number of ether oxygens (including phenoxy) is 2. The molecule has 1 unspecified atom stereocenters. The Morgan fingerprint density at radius 3 is 2.89 bits per heavy atom. The summed E-state index contributed by atoms with van der Waals surface area (Å²) in [5.41, 5.74) is 1.17. The van der Waals surface area contributed by atoms with Gasteiger partial charge in [-0.3, -0.25) is 4.79 Å². The van der Waals surface area contributed by atoms with Crippen molar-refractivity contribution in [2.75, 3.05) is 26.8 Å². The molecule has 104 valence electrons. The summed E-state index contributed by atoms with van der Waals surface area (Å²) in [6.07, 6.45) is 2.15. The maximum atomic E-state index is 11.8. The summed E-state index contributed by atoms with van der Waals surface area (Å²) in [6.45, 7) is 2.26. The van der Waals surface area contributed by atoms with E-state index in [1.807, 2.05) is 23.1 Å². The molecule has 4 nitrogen and oxygen atoms in total. The van der Waals surface area contributed by atoms with Crippen LogP contribution in [0.4, 0.5) is 0 Å². The average molecular weight is 263 g/mol. The minimum Gasteiger partial charge on any atom is -0.375 e.